The Hall–Kier alpha value is -1.85. The highest BCUT2D eigenvalue weighted by atomic mass is 35.5. The van der Waals surface area contributed by atoms with E-state index in [9.17, 15) is 4.79 Å². The summed E-state index contributed by atoms with van der Waals surface area (Å²) < 4.78 is 1.82. The van der Waals surface area contributed by atoms with E-state index in [1.54, 1.807) is 0 Å². The lowest BCUT2D eigenvalue weighted by molar-refractivity contribution is 0.0949. The molecule has 0 saturated carbocycles. The zero-order valence-electron chi connectivity index (χ0n) is 15.6. The molecular formula is C19H27ClN4O. The minimum Gasteiger partial charge on any atom is -0.351 e. The molecule has 136 valence electrons. The number of likely N-dealkylation sites (N-methyl/N-ethyl adjacent to an activating group) is 1. The van der Waals surface area contributed by atoms with Crippen LogP contribution in [0.1, 0.15) is 48.4 Å². The Morgan fingerprint density at radius 2 is 2.00 bits per heavy atom. The Balaban J connectivity index is 2.48. The van der Waals surface area contributed by atoms with Crippen molar-refractivity contribution < 1.29 is 4.79 Å². The molecule has 1 aromatic carbocycles. The third-order valence-electron chi connectivity index (χ3n) is 4.04. The van der Waals surface area contributed by atoms with Crippen LogP contribution >= 0.6 is 11.6 Å². The van der Waals surface area contributed by atoms with Gasteiger partial charge in [0.15, 0.2) is 0 Å². The smallest absolute Gasteiger partial charge is 0.255 e. The number of carbonyl (C=O) groups excluding carboxylic acids is 1. The number of halogens is 1. The lowest BCUT2D eigenvalue weighted by Gasteiger charge is -2.12. The molecule has 6 heteroatoms. The molecule has 0 aliphatic rings. The highest BCUT2D eigenvalue weighted by molar-refractivity contribution is 6.32. The van der Waals surface area contributed by atoms with Crippen LogP contribution < -0.4 is 5.32 Å². The number of benzene rings is 1. The van der Waals surface area contributed by atoms with Gasteiger partial charge in [-0.1, -0.05) is 44.5 Å². The predicted octanol–water partition coefficient (Wildman–Crippen LogP) is 3.50. The fourth-order valence-electron chi connectivity index (χ4n) is 2.75. The monoisotopic (exact) mass is 362 g/mol. The van der Waals surface area contributed by atoms with Gasteiger partial charge in [-0.15, -0.1) is 0 Å². The summed E-state index contributed by atoms with van der Waals surface area (Å²) in [5.41, 5.74) is 3.17. The van der Waals surface area contributed by atoms with E-state index in [4.69, 9.17) is 16.7 Å². The maximum absolute atomic E-state index is 12.8. The molecule has 1 N–H and O–H groups in total. The summed E-state index contributed by atoms with van der Waals surface area (Å²) >= 11 is 6.36. The Bertz CT molecular complexity index is 737. The number of hydrogen-bond donors (Lipinski definition) is 1. The van der Waals surface area contributed by atoms with Crippen LogP contribution in [0.25, 0.3) is 5.69 Å². The number of carbonyl (C=O) groups is 1. The summed E-state index contributed by atoms with van der Waals surface area (Å²) in [7, 11) is 3.97. The van der Waals surface area contributed by atoms with Crippen LogP contribution in [0.3, 0.4) is 0 Å². The minimum atomic E-state index is -0.0688. The van der Waals surface area contributed by atoms with Gasteiger partial charge in [0.25, 0.3) is 5.91 Å². The Kier molecular flexibility index (Phi) is 6.62. The van der Waals surface area contributed by atoms with Crippen LogP contribution in [-0.4, -0.2) is 47.8 Å². The number of para-hydroxylation sites is 1. The second kappa shape index (κ2) is 8.50. The van der Waals surface area contributed by atoms with E-state index in [1.165, 1.54) is 0 Å². The van der Waals surface area contributed by atoms with Gasteiger partial charge in [-0.2, -0.15) is 5.10 Å². The summed E-state index contributed by atoms with van der Waals surface area (Å²) in [6, 6.07) is 7.57. The van der Waals surface area contributed by atoms with Crippen LogP contribution in [0.2, 0.25) is 5.02 Å². The van der Waals surface area contributed by atoms with Crippen molar-refractivity contribution in [3.05, 3.63) is 46.2 Å². The summed E-state index contributed by atoms with van der Waals surface area (Å²) in [6.07, 6.45) is 0.696. The number of nitrogens with zero attached hydrogens (tertiary/aromatic N) is 3. The molecule has 1 heterocycles. The van der Waals surface area contributed by atoms with Gasteiger partial charge >= 0.3 is 0 Å². The van der Waals surface area contributed by atoms with Gasteiger partial charge in [0.05, 0.1) is 27.7 Å². The van der Waals surface area contributed by atoms with Gasteiger partial charge in [-0.25, -0.2) is 4.68 Å². The summed E-state index contributed by atoms with van der Waals surface area (Å²) in [6.45, 7) is 7.53. The van der Waals surface area contributed by atoms with E-state index < -0.39 is 0 Å². The molecule has 2 aromatic rings. The van der Waals surface area contributed by atoms with E-state index in [1.807, 2.05) is 54.9 Å². The number of nitrogens with one attached hydrogen (secondary N) is 1. The summed E-state index contributed by atoms with van der Waals surface area (Å²) in [5, 5.41) is 8.37. The molecule has 0 fully saturated rings. The zero-order chi connectivity index (χ0) is 18.6. The van der Waals surface area contributed by atoms with Crippen LogP contribution in [0.4, 0.5) is 0 Å². The van der Waals surface area contributed by atoms with E-state index >= 15 is 0 Å². The van der Waals surface area contributed by atoms with Crippen LogP contribution in [-0.2, 0) is 6.42 Å². The lowest BCUT2D eigenvalue weighted by Crippen LogP contribution is -2.32. The fourth-order valence-corrected chi connectivity index (χ4v) is 2.97. The van der Waals surface area contributed by atoms with Gasteiger partial charge in [0.2, 0.25) is 0 Å². The largest absolute Gasteiger partial charge is 0.351 e. The zero-order valence-corrected chi connectivity index (χ0v) is 16.4. The molecule has 0 aliphatic carbocycles. The van der Waals surface area contributed by atoms with Crippen molar-refractivity contribution >= 4 is 17.5 Å². The van der Waals surface area contributed by atoms with Gasteiger partial charge in [-0.3, -0.25) is 4.79 Å². The van der Waals surface area contributed by atoms with E-state index in [0.29, 0.717) is 23.6 Å². The molecule has 25 heavy (non-hydrogen) atoms. The SMILES string of the molecule is CCc1c(C(=O)NCCN(C)C)c(C(C)C)nn1-c1ccccc1Cl. The fraction of sp³-hybridized carbons (Fsp3) is 0.474. The van der Waals surface area contributed by atoms with Crippen molar-refractivity contribution in [1.29, 1.82) is 0 Å². The second-order valence-electron chi connectivity index (χ2n) is 6.64. The van der Waals surface area contributed by atoms with Crippen molar-refractivity contribution in [2.24, 2.45) is 0 Å². The molecule has 1 amide bonds. The maximum atomic E-state index is 12.8. The molecule has 2 rings (SSSR count). The van der Waals surface area contributed by atoms with E-state index in [0.717, 1.165) is 23.6 Å². The van der Waals surface area contributed by atoms with E-state index in [-0.39, 0.29) is 11.8 Å². The van der Waals surface area contributed by atoms with E-state index in [2.05, 4.69) is 19.2 Å². The van der Waals surface area contributed by atoms with Crippen molar-refractivity contribution in [2.75, 3.05) is 27.2 Å². The first-order valence-corrected chi connectivity index (χ1v) is 9.04. The van der Waals surface area contributed by atoms with Crippen molar-refractivity contribution in [1.82, 2.24) is 20.0 Å². The Morgan fingerprint density at radius 3 is 2.56 bits per heavy atom. The van der Waals surface area contributed by atoms with Crippen LogP contribution in [0.5, 0.6) is 0 Å². The summed E-state index contributed by atoms with van der Waals surface area (Å²) in [4.78, 5) is 14.9. The average Bonchev–Trinajstić information content (AvgIpc) is 2.94. The molecule has 0 radical (unpaired) electrons. The predicted molar refractivity (Wildman–Crippen MR) is 103 cm³/mol. The standard InChI is InChI=1S/C19H27ClN4O/c1-6-15-17(19(25)21-11-12-23(4)5)18(13(2)3)22-24(15)16-10-8-7-9-14(16)20/h7-10,13H,6,11-12H2,1-5H3,(H,21,25). The summed E-state index contributed by atoms with van der Waals surface area (Å²) in [5.74, 6) is 0.0735. The first-order chi connectivity index (χ1) is 11.9. The first kappa shape index (κ1) is 19.5. The normalized spacial score (nSPS) is 11.4. The third-order valence-corrected chi connectivity index (χ3v) is 4.36. The molecule has 0 aliphatic heterocycles. The topological polar surface area (TPSA) is 50.2 Å². The quantitative estimate of drug-likeness (QED) is 0.820. The molecule has 0 bridgehead atoms. The van der Waals surface area contributed by atoms with Crippen molar-refractivity contribution in [3.8, 4) is 5.69 Å². The highest BCUT2D eigenvalue weighted by Crippen LogP contribution is 2.28. The molecule has 0 saturated heterocycles. The minimum absolute atomic E-state index is 0.0688. The molecule has 0 unspecified atom stereocenters. The molecule has 0 spiro atoms. The highest BCUT2D eigenvalue weighted by Gasteiger charge is 2.25. The average molecular weight is 363 g/mol. The van der Waals surface area contributed by atoms with Gasteiger partial charge in [-0.05, 0) is 38.6 Å². The number of amides is 1. The van der Waals surface area contributed by atoms with Crippen LogP contribution in [0.15, 0.2) is 24.3 Å². The number of hydrogen-bond acceptors (Lipinski definition) is 3. The molecule has 0 atom stereocenters. The number of rotatable bonds is 7. The van der Waals surface area contributed by atoms with Gasteiger partial charge in [0.1, 0.15) is 0 Å². The second-order valence-corrected chi connectivity index (χ2v) is 7.04. The molecular weight excluding hydrogens is 336 g/mol. The van der Waals surface area contributed by atoms with Crippen molar-refractivity contribution in [2.45, 2.75) is 33.1 Å². The maximum Gasteiger partial charge on any atom is 0.255 e. The van der Waals surface area contributed by atoms with Gasteiger partial charge in [0, 0.05) is 13.1 Å². The van der Waals surface area contributed by atoms with Crippen molar-refractivity contribution in [3.63, 3.8) is 0 Å². The number of aromatic nitrogens is 2. The third kappa shape index (κ3) is 4.41. The lowest BCUT2D eigenvalue weighted by atomic mass is 10.0. The molecule has 5 nitrogen and oxygen atoms in total. The van der Waals surface area contributed by atoms with Crippen LogP contribution in [0, 0.1) is 0 Å². The first-order valence-electron chi connectivity index (χ1n) is 8.66. The molecule has 1 aromatic heterocycles. The Labute approximate surface area is 155 Å². The Morgan fingerprint density at radius 1 is 1.32 bits per heavy atom. The van der Waals surface area contributed by atoms with Gasteiger partial charge < -0.3 is 10.2 Å².